The van der Waals surface area contributed by atoms with Crippen molar-refractivity contribution in [3.05, 3.63) is 58.9 Å². The number of hydrogen-bond acceptors (Lipinski definition) is 3. The highest BCUT2D eigenvalue weighted by molar-refractivity contribution is 6.31. The predicted molar refractivity (Wildman–Crippen MR) is 92.9 cm³/mol. The van der Waals surface area contributed by atoms with Crippen LogP contribution in [0.5, 0.6) is 0 Å². The second kappa shape index (κ2) is 7.01. The van der Waals surface area contributed by atoms with Crippen molar-refractivity contribution in [3.63, 3.8) is 0 Å². The van der Waals surface area contributed by atoms with Crippen LogP contribution < -0.4 is 4.90 Å². The Morgan fingerprint density at radius 1 is 1.17 bits per heavy atom. The fourth-order valence-corrected chi connectivity index (χ4v) is 3.06. The number of aromatic nitrogens is 1. The van der Waals surface area contributed by atoms with E-state index in [9.17, 15) is 4.79 Å². The number of benzene rings is 1. The van der Waals surface area contributed by atoms with Crippen LogP contribution >= 0.6 is 11.6 Å². The molecule has 0 atom stereocenters. The van der Waals surface area contributed by atoms with Crippen molar-refractivity contribution in [1.29, 1.82) is 0 Å². The molecule has 0 N–H and O–H groups in total. The molecule has 1 aromatic carbocycles. The van der Waals surface area contributed by atoms with Crippen LogP contribution in [0.2, 0.25) is 5.02 Å². The van der Waals surface area contributed by atoms with Crippen LogP contribution in [0.25, 0.3) is 0 Å². The van der Waals surface area contributed by atoms with Crippen LogP contribution in [-0.4, -0.2) is 42.0 Å². The first kappa shape index (κ1) is 15.8. The van der Waals surface area contributed by atoms with E-state index in [2.05, 4.69) is 16.0 Å². The summed E-state index contributed by atoms with van der Waals surface area (Å²) in [6.07, 6.45) is 2.20. The quantitative estimate of drug-likeness (QED) is 0.868. The molecule has 2 heterocycles. The number of anilines is 1. The normalized spacial score (nSPS) is 14.9. The summed E-state index contributed by atoms with van der Waals surface area (Å²) < 4.78 is 0. The van der Waals surface area contributed by atoms with Crippen molar-refractivity contribution in [2.24, 2.45) is 0 Å². The SMILES string of the molecule is Cc1cc(N2CCN(C(=O)Cc3ccccc3Cl)CC2)ccn1. The molecule has 120 valence electrons. The maximum absolute atomic E-state index is 12.5. The number of piperazine rings is 1. The molecule has 0 saturated carbocycles. The van der Waals surface area contributed by atoms with Gasteiger partial charge in [-0.1, -0.05) is 29.8 Å². The van der Waals surface area contributed by atoms with Gasteiger partial charge in [0.2, 0.25) is 5.91 Å². The van der Waals surface area contributed by atoms with E-state index in [1.165, 1.54) is 5.69 Å². The minimum absolute atomic E-state index is 0.142. The van der Waals surface area contributed by atoms with Crippen molar-refractivity contribution in [2.75, 3.05) is 31.1 Å². The molecule has 2 aromatic rings. The van der Waals surface area contributed by atoms with Gasteiger partial charge in [-0.3, -0.25) is 9.78 Å². The molecule has 1 saturated heterocycles. The van der Waals surface area contributed by atoms with Crippen LogP contribution in [0.1, 0.15) is 11.3 Å². The van der Waals surface area contributed by atoms with Gasteiger partial charge < -0.3 is 9.80 Å². The first-order valence-corrected chi connectivity index (χ1v) is 8.20. The number of carbonyl (C=O) groups is 1. The summed E-state index contributed by atoms with van der Waals surface area (Å²) in [6, 6.07) is 11.6. The summed E-state index contributed by atoms with van der Waals surface area (Å²) in [4.78, 5) is 20.9. The lowest BCUT2D eigenvalue weighted by Gasteiger charge is -2.36. The minimum Gasteiger partial charge on any atom is -0.368 e. The second-order valence-corrected chi connectivity index (χ2v) is 6.20. The number of amides is 1. The smallest absolute Gasteiger partial charge is 0.227 e. The van der Waals surface area contributed by atoms with Crippen molar-refractivity contribution < 1.29 is 4.79 Å². The maximum Gasteiger partial charge on any atom is 0.227 e. The molecule has 0 unspecified atom stereocenters. The number of nitrogens with zero attached hydrogens (tertiary/aromatic N) is 3. The van der Waals surface area contributed by atoms with Crippen LogP contribution in [0, 0.1) is 6.92 Å². The Morgan fingerprint density at radius 2 is 1.91 bits per heavy atom. The number of carbonyl (C=O) groups excluding carboxylic acids is 1. The fraction of sp³-hybridized carbons (Fsp3) is 0.333. The van der Waals surface area contributed by atoms with Gasteiger partial charge in [0, 0.05) is 48.8 Å². The third kappa shape index (κ3) is 3.82. The van der Waals surface area contributed by atoms with Crippen molar-refractivity contribution >= 4 is 23.2 Å². The van der Waals surface area contributed by atoms with Gasteiger partial charge in [-0.2, -0.15) is 0 Å². The Hall–Kier alpha value is -2.07. The zero-order valence-electron chi connectivity index (χ0n) is 13.2. The predicted octanol–water partition coefficient (Wildman–Crippen LogP) is 2.93. The average molecular weight is 330 g/mol. The third-order valence-corrected chi connectivity index (χ3v) is 4.55. The molecular weight excluding hydrogens is 310 g/mol. The summed E-state index contributed by atoms with van der Waals surface area (Å²) in [7, 11) is 0. The summed E-state index contributed by atoms with van der Waals surface area (Å²) in [5, 5.41) is 0.659. The van der Waals surface area contributed by atoms with E-state index < -0.39 is 0 Å². The molecule has 3 rings (SSSR count). The average Bonchev–Trinajstić information content (AvgIpc) is 2.57. The highest BCUT2D eigenvalue weighted by Crippen LogP contribution is 2.19. The summed E-state index contributed by atoms with van der Waals surface area (Å²) in [6.45, 7) is 5.16. The highest BCUT2D eigenvalue weighted by Gasteiger charge is 2.21. The van der Waals surface area contributed by atoms with Gasteiger partial charge in [0.05, 0.1) is 6.42 Å². The van der Waals surface area contributed by atoms with Gasteiger partial charge in [-0.05, 0) is 30.7 Å². The van der Waals surface area contributed by atoms with Crippen molar-refractivity contribution in [1.82, 2.24) is 9.88 Å². The number of hydrogen-bond donors (Lipinski definition) is 0. The first-order chi connectivity index (χ1) is 11.1. The van der Waals surface area contributed by atoms with Gasteiger partial charge in [0.25, 0.3) is 0 Å². The van der Waals surface area contributed by atoms with Gasteiger partial charge in [0.1, 0.15) is 0 Å². The van der Waals surface area contributed by atoms with E-state index >= 15 is 0 Å². The number of rotatable bonds is 3. The zero-order chi connectivity index (χ0) is 16.2. The van der Waals surface area contributed by atoms with Crippen LogP contribution in [0.15, 0.2) is 42.6 Å². The molecule has 1 aliphatic rings. The molecule has 0 spiro atoms. The Balaban J connectivity index is 1.58. The highest BCUT2D eigenvalue weighted by atomic mass is 35.5. The van der Waals surface area contributed by atoms with E-state index in [0.29, 0.717) is 11.4 Å². The lowest BCUT2D eigenvalue weighted by atomic mass is 10.1. The number of halogens is 1. The summed E-state index contributed by atoms with van der Waals surface area (Å²) in [5.41, 5.74) is 3.08. The second-order valence-electron chi connectivity index (χ2n) is 5.79. The van der Waals surface area contributed by atoms with E-state index in [1.54, 1.807) is 0 Å². The monoisotopic (exact) mass is 329 g/mol. The first-order valence-electron chi connectivity index (χ1n) is 7.82. The standard InChI is InChI=1S/C18H20ClN3O/c1-14-12-16(6-7-20-14)21-8-10-22(11-9-21)18(23)13-15-4-2-3-5-17(15)19/h2-7,12H,8-11,13H2,1H3. The van der Waals surface area contributed by atoms with Crippen LogP contribution in [-0.2, 0) is 11.2 Å². The molecule has 0 aliphatic carbocycles. The molecular formula is C18H20ClN3O. The van der Waals surface area contributed by atoms with Crippen molar-refractivity contribution in [2.45, 2.75) is 13.3 Å². The fourth-order valence-electron chi connectivity index (χ4n) is 2.86. The summed E-state index contributed by atoms with van der Waals surface area (Å²) in [5.74, 6) is 0.142. The van der Waals surface area contributed by atoms with Gasteiger partial charge in [0.15, 0.2) is 0 Å². The zero-order valence-corrected chi connectivity index (χ0v) is 14.0. The van der Waals surface area contributed by atoms with E-state index in [-0.39, 0.29) is 5.91 Å². The Labute approximate surface area is 141 Å². The largest absolute Gasteiger partial charge is 0.368 e. The van der Waals surface area contributed by atoms with Gasteiger partial charge in [-0.15, -0.1) is 0 Å². The molecule has 1 fully saturated rings. The molecule has 0 bridgehead atoms. The Kier molecular flexibility index (Phi) is 4.82. The Bertz CT molecular complexity index is 696. The number of aryl methyl sites for hydroxylation is 1. The topological polar surface area (TPSA) is 36.4 Å². The molecule has 1 amide bonds. The lowest BCUT2D eigenvalue weighted by Crippen LogP contribution is -2.49. The molecule has 1 aromatic heterocycles. The van der Waals surface area contributed by atoms with Crippen LogP contribution in [0.3, 0.4) is 0 Å². The third-order valence-electron chi connectivity index (χ3n) is 4.18. The molecule has 4 nitrogen and oxygen atoms in total. The van der Waals surface area contributed by atoms with Crippen LogP contribution in [0.4, 0.5) is 5.69 Å². The molecule has 0 radical (unpaired) electrons. The van der Waals surface area contributed by atoms with Crippen molar-refractivity contribution in [3.8, 4) is 0 Å². The molecule has 1 aliphatic heterocycles. The molecule has 23 heavy (non-hydrogen) atoms. The molecule has 5 heteroatoms. The van der Waals surface area contributed by atoms with Gasteiger partial charge >= 0.3 is 0 Å². The lowest BCUT2D eigenvalue weighted by molar-refractivity contribution is -0.130. The maximum atomic E-state index is 12.5. The summed E-state index contributed by atoms with van der Waals surface area (Å²) >= 11 is 6.14. The van der Waals surface area contributed by atoms with E-state index in [0.717, 1.165) is 37.4 Å². The van der Waals surface area contributed by atoms with E-state index in [1.807, 2.05) is 48.4 Å². The van der Waals surface area contributed by atoms with Gasteiger partial charge in [-0.25, -0.2) is 0 Å². The minimum atomic E-state index is 0.142. The number of pyridine rings is 1. The Morgan fingerprint density at radius 3 is 2.61 bits per heavy atom. The van der Waals surface area contributed by atoms with E-state index in [4.69, 9.17) is 11.6 Å².